The van der Waals surface area contributed by atoms with Crippen LogP contribution in [0.15, 0.2) is 30.3 Å². The molecule has 96 valence electrons. The van der Waals surface area contributed by atoms with E-state index < -0.39 is 0 Å². The highest BCUT2D eigenvalue weighted by atomic mass is 32.2. The van der Waals surface area contributed by atoms with Crippen LogP contribution in [0.3, 0.4) is 0 Å². The van der Waals surface area contributed by atoms with Crippen LogP contribution < -0.4 is 0 Å². The molecule has 0 N–H and O–H groups in total. The molecule has 4 rings (SSSR count). The Labute approximate surface area is 113 Å². The van der Waals surface area contributed by atoms with E-state index >= 15 is 0 Å². The van der Waals surface area contributed by atoms with E-state index in [1.165, 1.54) is 17.3 Å². The SMILES string of the molecule is O=C(SCc1ccccc1)C12CCN(CC1)CC2. The number of hydrogen-bond donors (Lipinski definition) is 0. The van der Waals surface area contributed by atoms with Crippen molar-refractivity contribution in [3.05, 3.63) is 35.9 Å². The maximum Gasteiger partial charge on any atom is 0.195 e. The summed E-state index contributed by atoms with van der Waals surface area (Å²) < 4.78 is 0. The highest BCUT2D eigenvalue weighted by Gasteiger charge is 2.44. The third-order valence-corrected chi connectivity index (χ3v) is 5.54. The van der Waals surface area contributed by atoms with E-state index in [2.05, 4.69) is 17.0 Å². The Morgan fingerprint density at radius 2 is 1.72 bits per heavy atom. The lowest BCUT2D eigenvalue weighted by Gasteiger charge is -2.47. The lowest BCUT2D eigenvalue weighted by Crippen LogP contribution is -2.51. The summed E-state index contributed by atoms with van der Waals surface area (Å²) in [6, 6.07) is 10.3. The summed E-state index contributed by atoms with van der Waals surface area (Å²) in [5.74, 6) is 0.825. The van der Waals surface area contributed by atoms with Crippen molar-refractivity contribution in [2.24, 2.45) is 5.41 Å². The van der Waals surface area contributed by atoms with Gasteiger partial charge in [0.25, 0.3) is 0 Å². The fraction of sp³-hybridized carbons (Fsp3) is 0.533. The molecule has 0 aromatic heterocycles. The molecule has 0 unspecified atom stereocenters. The Morgan fingerprint density at radius 3 is 2.33 bits per heavy atom. The zero-order valence-electron chi connectivity index (χ0n) is 10.6. The number of carbonyl (C=O) groups excluding carboxylic acids is 1. The second-order valence-electron chi connectivity index (χ2n) is 5.43. The lowest BCUT2D eigenvalue weighted by molar-refractivity contribution is -0.126. The number of fused-ring (bicyclic) bond motifs is 3. The summed E-state index contributed by atoms with van der Waals surface area (Å²) in [7, 11) is 0. The van der Waals surface area contributed by atoms with E-state index in [9.17, 15) is 4.79 Å². The minimum atomic E-state index is 0.00813. The standard InChI is InChI=1S/C15H19NOS/c17-14(18-12-13-4-2-1-3-5-13)15-6-9-16(10-7-15)11-8-15/h1-5H,6-12H2. The van der Waals surface area contributed by atoms with E-state index in [0.717, 1.165) is 44.6 Å². The smallest absolute Gasteiger partial charge is 0.195 e. The average molecular weight is 261 g/mol. The zero-order valence-corrected chi connectivity index (χ0v) is 11.4. The predicted octanol–water partition coefficient (Wildman–Crippen LogP) is 2.93. The summed E-state index contributed by atoms with van der Waals surface area (Å²) in [5.41, 5.74) is 1.26. The van der Waals surface area contributed by atoms with Crippen LogP contribution in [0.4, 0.5) is 0 Å². The lowest BCUT2D eigenvalue weighted by atomic mass is 9.73. The Morgan fingerprint density at radius 1 is 1.11 bits per heavy atom. The van der Waals surface area contributed by atoms with Gasteiger partial charge in [-0.05, 0) is 44.5 Å². The van der Waals surface area contributed by atoms with E-state index in [1.54, 1.807) is 0 Å². The van der Waals surface area contributed by atoms with E-state index in [1.807, 2.05) is 18.2 Å². The van der Waals surface area contributed by atoms with Gasteiger partial charge < -0.3 is 4.90 Å². The number of nitrogens with zero attached hydrogens (tertiary/aromatic N) is 1. The summed E-state index contributed by atoms with van der Waals surface area (Å²) in [5, 5.41) is 0.436. The molecule has 0 spiro atoms. The molecule has 1 aromatic rings. The summed E-state index contributed by atoms with van der Waals surface area (Å²) in [6.45, 7) is 3.37. The molecule has 18 heavy (non-hydrogen) atoms. The average Bonchev–Trinajstić information content (AvgIpc) is 2.48. The molecule has 0 radical (unpaired) electrons. The van der Waals surface area contributed by atoms with Crippen LogP contribution in [0.25, 0.3) is 0 Å². The van der Waals surface area contributed by atoms with Gasteiger partial charge >= 0.3 is 0 Å². The molecule has 3 saturated heterocycles. The first-order valence-electron chi connectivity index (χ1n) is 6.72. The van der Waals surface area contributed by atoms with Crippen molar-refractivity contribution >= 4 is 16.9 Å². The molecular formula is C15H19NOS. The van der Waals surface area contributed by atoms with Gasteiger partial charge in [-0.2, -0.15) is 0 Å². The fourth-order valence-electron chi connectivity index (χ4n) is 3.01. The predicted molar refractivity (Wildman–Crippen MR) is 75.5 cm³/mol. The van der Waals surface area contributed by atoms with Crippen molar-refractivity contribution in [3.8, 4) is 0 Å². The van der Waals surface area contributed by atoms with E-state index in [-0.39, 0.29) is 5.41 Å². The van der Waals surface area contributed by atoms with Crippen molar-refractivity contribution in [2.75, 3.05) is 19.6 Å². The van der Waals surface area contributed by atoms with Crippen LogP contribution in [-0.4, -0.2) is 29.6 Å². The molecule has 1 aromatic carbocycles. The number of thioether (sulfide) groups is 1. The number of carbonyl (C=O) groups is 1. The van der Waals surface area contributed by atoms with Gasteiger partial charge in [-0.15, -0.1) is 0 Å². The van der Waals surface area contributed by atoms with Crippen molar-refractivity contribution in [3.63, 3.8) is 0 Å². The van der Waals surface area contributed by atoms with Crippen LogP contribution in [0.5, 0.6) is 0 Å². The molecule has 3 heterocycles. The van der Waals surface area contributed by atoms with Crippen LogP contribution in [0, 0.1) is 5.41 Å². The molecule has 0 atom stereocenters. The van der Waals surface area contributed by atoms with Crippen molar-refractivity contribution in [1.29, 1.82) is 0 Å². The van der Waals surface area contributed by atoms with Crippen molar-refractivity contribution in [1.82, 2.24) is 4.90 Å². The largest absolute Gasteiger partial charge is 0.303 e. The molecule has 2 nitrogen and oxygen atoms in total. The van der Waals surface area contributed by atoms with E-state index in [0.29, 0.717) is 5.12 Å². The van der Waals surface area contributed by atoms with Crippen LogP contribution in [0.2, 0.25) is 0 Å². The van der Waals surface area contributed by atoms with E-state index in [4.69, 9.17) is 0 Å². The molecule has 3 fully saturated rings. The molecule has 0 aliphatic carbocycles. The molecule has 0 saturated carbocycles. The first-order valence-corrected chi connectivity index (χ1v) is 7.71. The highest BCUT2D eigenvalue weighted by Crippen LogP contribution is 2.43. The summed E-state index contributed by atoms with van der Waals surface area (Å²) in [6.07, 6.45) is 3.23. The molecule has 2 bridgehead atoms. The van der Waals surface area contributed by atoms with Gasteiger partial charge in [0.1, 0.15) is 0 Å². The maximum atomic E-state index is 12.5. The Balaban J connectivity index is 1.61. The monoisotopic (exact) mass is 261 g/mol. The Hall–Kier alpha value is -0.800. The van der Waals surface area contributed by atoms with Crippen LogP contribution in [-0.2, 0) is 10.5 Å². The van der Waals surface area contributed by atoms with Gasteiger partial charge in [-0.1, -0.05) is 42.1 Å². The molecule has 3 aliphatic rings. The molecule has 0 amide bonds. The molecule has 3 aliphatic heterocycles. The fourth-order valence-corrected chi connectivity index (χ4v) is 4.11. The van der Waals surface area contributed by atoms with Crippen molar-refractivity contribution in [2.45, 2.75) is 25.0 Å². The van der Waals surface area contributed by atoms with Gasteiger partial charge in [0.2, 0.25) is 0 Å². The van der Waals surface area contributed by atoms with Gasteiger partial charge in [0, 0.05) is 11.2 Å². The van der Waals surface area contributed by atoms with Gasteiger partial charge in [0.05, 0.1) is 0 Å². The van der Waals surface area contributed by atoms with Crippen LogP contribution >= 0.6 is 11.8 Å². The second-order valence-corrected chi connectivity index (χ2v) is 6.38. The molecule has 3 heteroatoms. The van der Waals surface area contributed by atoms with Gasteiger partial charge in [-0.3, -0.25) is 4.79 Å². The van der Waals surface area contributed by atoms with Gasteiger partial charge in [-0.25, -0.2) is 0 Å². The minimum absolute atomic E-state index is 0.00813. The third kappa shape index (κ3) is 2.34. The maximum absolute atomic E-state index is 12.5. The van der Waals surface area contributed by atoms with Gasteiger partial charge in [0.15, 0.2) is 5.12 Å². The highest BCUT2D eigenvalue weighted by molar-refractivity contribution is 8.13. The Kier molecular flexibility index (Phi) is 3.44. The summed E-state index contributed by atoms with van der Waals surface area (Å²) in [4.78, 5) is 15.0. The first-order chi connectivity index (χ1) is 8.78. The normalized spacial score (nSPS) is 30.3. The Bertz CT molecular complexity index is 410. The number of benzene rings is 1. The first kappa shape index (κ1) is 12.2. The quantitative estimate of drug-likeness (QED) is 0.834. The second kappa shape index (κ2) is 5.06. The number of hydrogen-bond acceptors (Lipinski definition) is 3. The third-order valence-electron chi connectivity index (χ3n) is 4.37. The number of rotatable bonds is 3. The molecular weight excluding hydrogens is 242 g/mol. The van der Waals surface area contributed by atoms with Crippen molar-refractivity contribution < 1.29 is 4.79 Å². The minimum Gasteiger partial charge on any atom is -0.303 e. The zero-order chi connectivity index (χ0) is 12.4. The topological polar surface area (TPSA) is 20.3 Å². The van der Waals surface area contributed by atoms with Crippen LogP contribution in [0.1, 0.15) is 24.8 Å². The summed E-state index contributed by atoms with van der Waals surface area (Å²) >= 11 is 1.53. The number of piperidine rings is 3.